The highest BCUT2D eigenvalue weighted by atomic mass is 16.5. The van der Waals surface area contributed by atoms with Crippen LogP contribution in [0.15, 0.2) is 61.1 Å². The largest absolute Gasteiger partial charge is 0.497 e. The Labute approximate surface area is 191 Å². The first-order chi connectivity index (χ1) is 16.1. The molecule has 1 saturated heterocycles. The lowest BCUT2D eigenvalue weighted by Crippen LogP contribution is -2.40. The molecule has 0 radical (unpaired) electrons. The fraction of sp³-hybridized carbons (Fsp3) is 0.240. The van der Waals surface area contributed by atoms with E-state index >= 15 is 0 Å². The molecule has 0 unspecified atom stereocenters. The van der Waals surface area contributed by atoms with E-state index in [0.29, 0.717) is 37.7 Å². The molecule has 168 valence electrons. The second kappa shape index (κ2) is 8.91. The van der Waals surface area contributed by atoms with E-state index in [1.54, 1.807) is 13.3 Å². The summed E-state index contributed by atoms with van der Waals surface area (Å²) in [6.45, 7) is 4.37. The third kappa shape index (κ3) is 4.12. The van der Waals surface area contributed by atoms with Gasteiger partial charge in [0.2, 0.25) is 0 Å². The molecule has 0 saturated carbocycles. The summed E-state index contributed by atoms with van der Waals surface area (Å²) in [5.74, 6) is 1.49. The zero-order valence-corrected chi connectivity index (χ0v) is 18.6. The number of rotatable bonds is 5. The maximum absolute atomic E-state index is 12.9. The van der Waals surface area contributed by atoms with Crippen LogP contribution in [-0.4, -0.2) is 58.6 Å². The van der Waals surface area contributed by atoms with Gasteiger partial charge in [0.05, 0.1) is 32.2 Å². The summed E-state index contributed by atoms with van der Waals surface area (Å²) in [6.07, 6.45) is 5.47. The third-order valence-electron chi connectivity index (χ3n) is 5.83. The number of ether oxygens (including phenoxy) is 2. The van der Waals surface area contributed by atoms with Gasteiger partial charge < -0.3 is 19.7 Å². The van der Waals surface area contributed by atoms with Crippen molar-refractivity contribution >= 4 is 23.1 Å². The Morgan fingerprint density at radius 2 is 1.88 bits per heavy atom. The van der Waals surface area contributed by atoms with Crippen molar-refractivity contribution in [3.63, 3.8) is 0 Å². The number of aromatic nitrogens is 3. The van der Waals surface area contributed by atoms with Crippen LogP contribution in [0, 0.1) is 6.92 Å². The molecule has 0 atom stereocenters. The number of fused-ring (bicyclic) bond motifs is 1. The summed E-state index contributed by atoms with van der Waals surface area (Å²) < 4.78 is 12.6. The molecular weight excluding hydrogens is 418 g/mol. The summed E-state index contributed by atoms with van der Waals surface area (Å²) in [6, 6.07) is 13.6. The smallest absolute Gasteiger partial charge is 0.254 e. The van der Waals surface area contributed by atoms with E-state index in [1.165, 1.54) is 0 Å². The minimum absolute atomic E-state index is 0.0416. The Kier molecular flexibility index (Phi) is 5.66. The monoisotopic (exact) mass is 443 g/mol. The Morgan fingerprint density at radius 1 is 1.09 bits per heavy atom. The molecule has 2 aromatic carbocycles. The first-order valence-corrected chi connectivity index (χ1v) is 10.9. The summed E-state index contributed by atoms with van der Waals surface area (Å²) in [5.41, 5.74) is 5.17. The van der Waals surface area contributed by atoms with Crippen molar-refractivity contribution in [3.05, 3.63) is 72.2 Å². The van der Waals surface area contributed by atoms with Gasteiger partial charge in [-0.2, -0.15) is 0 Å². The average molecular weight is 444 g/mol. The molecule has 33 heavy (non-hydrogen) atoms. The second-order valence-corrected chi connectivity index (χ2v) is 7.90. The molecule has 4 aromatic rings. The van der Waals surface area contributed by atoms with Crippen molar-refractivity contribution in [2.45, 2.75) is 6.92 Å². The quantitative estimate of drug-likeness (QED) is 0.503. The summed E-state index contributed by atoms with van der Waals surface area (Å²) >= 11 is 0. The first kappa shape index (κ1) is 21.0. The average Bonchev–Trinajstić information content (AvgIpc) is 3.30. The van der Waals surface area contributed by atoms with Crippen molar-refractivity contribution < 1.29 is 14.3 Å². The lowest BCUT2D eigenvalue weighted by Gasteiger charge is -2.27. The van der Waals surface area contributed by atoms with E-state index in [9.17, 15) is 4.79 Å². The standard InChI is InChI=1S/C25H25N5O3/c1-17-15-19(5-8-21(17)25(31)29-11-13-33-14-12-29)28-23-24-27-16-22(30(24)10-9-26-23)18-3-6-20(32-2)7-4-18/h3-10,15-16H,11-14H2,1-2H3,(H,26,28). The maximum Gasteiger partial charge on any atom is 0.254 e. The number of anilines is 2. The van der Waals surface area contributed by atoms with Crippen LogP contribution >= 0.6 is 0 Å². The number of nitrogens with one attached hydrogen (secondary N) is 1. The van der Waals surface area contributed by atoms with Gasteiger partial charge in [0, 0.05) is 42.3 Å². The van der Waals surface area contributed by atoms with Crippen LogP contribution in [0.2, 0.25) is 0 Å². The summed E-state index contributed by atoms with van der Waals surface area (Å²) in [7, 11) is 1.65. The van der Waals surface area contributed by atoms with E-state index in [1.807, 2.05) is 71.1 Å². The van der Waals surface area contributed by atoms with Crippen molar-refractivity contribution in [3.8, 4) is 17.0 Å². The molecule has 0 spiro atoms. The van der Waals surface area contributed by atoms with Gasteiger partial charge >= 0.3 is 0 Å². The number of nitrogens with zero attached hydrogens (tertiary/aromatic N) is 4. The van der Waals surface area contributed by atoms with E-state index in [0.717, 1.165) is 33.9 Å². The van der Waals surface area contributed by atoms with E-state index in [4.69, 9.17) is 9.47 Å². The van der Waals surface area contributed by atoms with E-state index in [-0.39, 0.29) is 5.91 Å². The number of morpholine rings is 1. The maximum atomic E-state index is 12.9. The van der Waals surface area contributed by atoms with Crippen LogP contribution in [0.3, 0.4) is 0 Å². The molecule has 2 aromatic heterocycles. The first-order valence-electron chi connectivity index (χ1n) is 10.9. The Hall–Kier alpha value is -3.91. The molecule has 3 heterocycles. The number of benzene rings is 2. The highest BCUT2D eigenvalue weighted by molar-refractivity contribution is 5.96. The Morgan fingerprint density at radius 3 is 2.61 bits per heavy atom. The number of aryl methyl sites for hydroxylation is 1. The SMILES string of the molecule is COc1ccc(-c2cnc3c(Nc4ccc(C(=O)N5CCOCC5)c(C)c4)nccn23)cc1. The van der Waals surface area contributed by atoms with E-state index in [2.05, 4.69) is 15.3 Å². The number of carbonyl (C=O) groups is 1. The Balaban J connectivity index is 1.40. The number of carbonyl (C=O) groups excluding carboxylic acids is 1. The fourth-order valence-corrected chi connectivity index (χ4v) is 4.04. The zero-order chi connectivity index (χ0) is 22.8. The lowest BCUT2D eigenvalue weighted by molar-refractivity contribution is 0.0302. The van der Waals surface area contributed by atoms with Gasteiger partial charge in [0.1, 0.15) is 5.75 Å². The minimum atomic E-state index is 0.0416. The minimum Gasteiger partial charge on any atom is -0.497 e. The molecule has 1 aliphatic rings. The number of imidazole rings is 1. The third-order valence-corrected chi connectivity index (χ3v) is 5.83. The van der Waals surface area contributed by atoms with Gasteiger partial charge in [0.15, 0.2) is 11.5 Å². The topological polar surface area (TPSA) is 81.0 Å². The summed E-state index contributed by atoms with van der Waals surface area (Å²) in [4.78, 5) is 23.8. The molecule has 1 amide bonds. The predicted octanol–water partition coefficient (Wildman–Crippen LogP) is 3.93. The van der Waals surface area contributed by atoms with Crippen LogP contribution in [-0.2, 0) is 4.74 Å². The number of amides is 1. The fourth-order valence-electron chi connectivity index (χ4n) is 4.04. The van der Waals surface area contributed by atoms with Crippen molar-refractivity contribution in [1.29, 1.82) is 0 Å². The zero-order valence-electron chi connectivity index (χ0n) is 18.6. The van der Waals surface area contributed by atoms with Crippen molar-refractivity contribution in [2.24, 2.45) is 0 Å². The molecule has 1 N–H and O–H groups in total. The molecule has 8 nitrogen and oxygen atoms in total. The van der Waals surface area contributed by atoms with E-state index < -0.39 is 0 Å². The van der Waals surface area contributed by atoms with Gasteiger partial charge in [-0.05, 0) is 55.0 Å². The van der Waals surface area contributed by atoms with Crippen molar-refractivity contribution in [1.82, 2.24) is 19.3 Å². The van der Waals surface area contributed by atoms with Gasteiger partial charge in [-0.25, -0.2) is 9.97 Å². The second-order valence-electron chi connectivity index (χ2n) is 7.90. The van der Waals surface area contributed by atoms with Crippen LogP contribution in [0.4, 0.5) is 11.5 Å². The predicted molar refractivity (Wildman–Crippen MR) is 126 cm³/mol. The van der Waals surface area contributed by atoms with Crippen LogP contribution < -0.4 is 10.1 Å². The van der Waals surface area contributed by atoms with Crippen LogP contribution in [0.1, 0.15) is 15.9 Å². The Bertz CT molecular complexity index is 1290. The summed E-state index contributed by atoms with van der Waals surface area (Å²) in [5, 5.41) is 3.36. The highest BCUT2D eigenvalue weighted by Crippen LogP contribution is 2.27. The number of methoxy groups -OCH3 is 1. The molecule has 0 aliphatic carbocycles. The normalized spacial score (nSPS) is 13.8. The molecular formula is C25H25N5O3. The van der Waals surface area contributed by atoms with Crippen molar-refractivity contribution in [2.75, 3.05) is 38.7 Å². The van der Waals surface area contributed by atoms with Crippen LogP contribution in [0.5, 0.6) is 5.75 Å². The molecule has 1 aliphatic heterocycles. The number of hydrogen-bond acceptors (Lipinski definition) is 6. The number of hydrogen-bond donors (Lipinski definition) is 1. The van der Waals surface area contributed by atoms with Crippen LogP contribution in [0.25, 0.3) is 16.9 Å². The molecule has 8 heteroatoms. The van der Waals surface area contributed by atoms with Gasteiger partial charge in [-0.3, -0.25) is 9.20 Å². The highest BCUT2D eigenvalue weighted by Gasteiger charge is 2.20. The molecule has 0 bridgehead atoms. The van der Waals surface area contributed by atoms with Gasteiger partial charge in [-0.15, -0.1) is 0 Å². The van der Waals surface area contributed by atoms with Gasteiger partial charge in [-0.1, -0.05) is 0 Å². The molecule has 1 fully saturated rings. The molecule has 5 rings (SSSR count). The van der Waals surface area contributed by atoms with Gasteiger partial charge in [0.25, 0.3) is 5.91 Å². The lowest BCUT2D eigenvalue weighted by atomic mass is 10.1.